The van der Waals surface area contributed by atoms with E-state index < -0.39 is 0 Å². The number of diazo groups is 1. The third kappa shape index (κ3) is 3.36. The standard InChI is InChI=1S/C16H17N2S/c1-11-4-6-14(7-5-11)10-19-16-9-12(2)15(18-17)8-13(16)3/h4-9H,10H2,1-3H3/q+1. The van der Waals surface area contributed by atoms with Crippen LogP contribution in [-0.2, 0) is 5.75 Å². The van der Waals surface area contributed by atoms with Crippen molar-refractivity contribution in [2.45, 2.75) is 31.4 Å². The molecule has 19 heavy (non-hydrogen) atoms. The van der Waals surface area contributed by atoms with Gasteiger partial charge < -0.3 is 0 Å². The predicted octanol–water partition coefficient (Wildman–Crippen LogP) is 5.39. The summed E-state index contributed by atoms with van der Waals surface area (Å²) >= 11 is 1.82. The van der Waals surface area contributed by atoms with Gasteiger partial charge >= 0.3 is 5.69 Å². The zero-order valence-corrected chi connectivity index (χ0v) is 12.3. The summed E-state index contributed by atoms with van der Waals surface area (Å²) in [6.45, 7) is 6.11. The monoisotopic (exact) mass is 269 g/mol. The van der Waals surface area contributed by atoms with Crippen molar-refractivity contribution < 1.29 is 0 Å². The summed E-state index contributed by atoms with van der Waals surface area (Å²) in [6.07, 6.45) is 0. The third-order valence-corrected chi connectivity index (χ3v) is 4.34. The smallest absolute Gasteiger partial charge is 0.121 e. The summed E-state index contributed by atoms with van der Waals surface area (Å²) in [5, 5.41) is 8.89. The second kappa shape index (κ2) is 5.90. The summed E-state index contributed by atoms with van der Waals surface area (Å²) in [7, 11) is 0. The van der Waals surface area contributed by atoms with Crippen molar-refractivity contribution in [2.75, 3.05) is 0 Å². The molecule has 0 spiro atoms. The Bertz CT molecular complexity index is 624. The molecule has 0 aromatic heterocycles. The van der Waals surface area contributed by atoms with E-state index in [1.54, 1.807) is 0 Å². The second-order valence-electron chi connectivity index (χ2n) is 4.78. The van der Waals surface area contributed by atoms with Gasteiger partial charge in [-0.2, -0.15) is 0 Å². The first-order valence-corrected chi connectivity index (χ1v) is 7.23. The van der Waals surface area contributed by atoms with Gasteiger partial charge in [0.2, 0.25) is 5.39 Å². The van der Waals surface area contributed by atoms with Gasteiger partial charge in [-0.1, -0.05) is 29.8 Å². The maximum atomic E-state index is 8.89. The minimum Gasteiger partial charge on any atom is -0.121 e. The van der Waals surface area contributed by atoms with Gasteiger partial charge in [-0.3, -0.25) is 0 Å². The molecule has 0 saturated heterocycles. The Kier molecular flexibility index (Phi) is 4.24. The van der Waals surface area contributed by atoms with Crippen LogP contribution in [0.5, 0.6) is 0 Å². The highest BCUT2D eigenvalue weighted by molar-refractivity contribution is 7.98. The van der Waals surface area contributed by atoms with Crippen molar-refractivity contribution in [3.63, 3.8) is 0 Å². The summed E-state index contributed by atoms with van der Waals surface area (Å²) in [5.74, 6) is 0.955. The fourth-order valence-electron chi connectivity index (χ4n) is 1.88. The molecule has 0 N–H and O–H groups in total. The van der Waals surface area contributed by atoms with Crippen molar-refractivity contribution in [2.24, 2.45) is 0 Å². The van der Waals surface area contributed by atoms with E-state index in [1.807, 2.05) is 31.7 Å². The van der Waals surface area contributed by atoms with Crippen LogP contribution in [0.25, 0.3) is 4.98 Å². The SMILES string of the molecule is Cc1ccc(CSc2cc(C)c([N+]#N)cc2C)cc1. The molecule has 0 heterocycles. The molecule has 0 bridgehead atoms. The Balaban J connectivity index is 2.14. The van der Waals surface area contributed by atoms with Crippen LogP contribution >= 0.6 is 11.8 Å². The molecule has 0 aliphatic rings. The van der Waals surface area contributed by atoms with E-state index in [1.165, 1.54) is 16.0 Å². The highest BCUT2D eigenvalue weighted by Crippen LogP contribution is 2.31. The van der Waals surface area contributed by atoms with Crippen LogP contribution in [0.4, 0.5) is 5.69 Å². The zero-order chi connectivity index (χ0) is 13.8. The first-order chi connectivity index (χ1) is 9.10. The van der Waals surface area contributed by atoms with E-state index in [-0.39, 0.29) is 0 Å². The average molecular weight is 269 g/mol. The molecule has 0 atom stereocenters. The van der Waals surface area contributed by atoms with Gasteiger partial charge in [-0.05, 0) is 38.0 Å². The van der Waals surface area contributed by atoms with E-state index in [9.17, 15) is 0 Å². The fourth-order valence-corrected chi connectivity index (χ4v) is 2.94. The van der Waals surface area contributed by atoms with E-state index in [4.69, 9.17) is 5.39 Å². The van der Waals surface area contributed by atoms with Crippen molar-refractivity contribution in [3.05, 3.63) is 63.6 Å². The van der Waals surface area contributed by atoms with E-state index >= 15 is 0 Å². The molecule has 0 aliphatic carbocycles. The molecule has 2 rings (SSSR count). The highest BCUT2D eigenvalue weighted by Gasteiger charge is 2.13. The summed E-state index contributed by atoms with van der Waals surface area (Å²) < 4.78 is 0. The van der Waals surface area contributed by atoms with E-state index in [2.05, 4.69) is 42.2 Å². The maximum Gasteiger partial charge on any atom is 0.388 e. The van der Waals surface area contributed by atoms with Crippen LogP contribution in [0.15, 0.2) is 41.3 Å². The number of hydrogen-bond donors (Lipinski definition) is 0. The van der Waals surface area contributed by atoms with Crippen molar-refractivity contribution in [1.29, 1.82) is 5.39 Å². The van der Waals surface area contributed by atoms with E-state index in [0.29, 0.717) is 5.69 Å². The van der Waals surface area contributed by atoms with Gasteiger partial charge in [0.1, 0.15) is 0 Å². The molecule has 2 aromatic carbocycles. The topological polar surface area (TPSA) is 28.1 Å². The molecular weight excluding hydrogens is 252 g/mol. The molecular formula is C16H17N2S+. The van der Waals surface area contributed by atoms with Crippen molar-refractivity contribution in [1.82, 2.24) is 0 Å². The zero-order valence-electron chi connectivity index (χ0n) is 11.5. The number of thioether (sulfide) groups is 1. The lowest BCUT2D eigenvalue weighted by molar-refractivity contribution is 1.25. The van der Waals surface area contributed by atoms with Gasteiger partial charge in [-0.25, -0.2) is 0 Å². The largest absolute Gasteiger partial charge is 0.388 e. The van der Waals surface area contributed by atoms with Crippen LogP contribution in [0, 0.1) is 26.2 Å². The minimum absolute atomic E-state index is 0.650. The molecule has 2 nitrogen and oxygen atoms in total. The van der Waals surface area contributed by atoms with Crippen LogP contribution in [0.3, 0.4) is 0 Å². The highest BCUT2D eigenvalue weighted by atomic mass is 32.2. The molecule has 0 amide bonds. The summed E-state index contributed by atoms with van der Waals surface area (Å²) in [4.78, 5) is 4.53. The maximum absolute atomic E-state index is 8.89. The first kappa shape index (κ1) is 13.6. The number of nitrogens with zero attached hydrogens (tertiary/aromatic N) is 2. The van der Waals surface area contributed by atoms with Gasteiger partial charge in [0.25, 0.3) is 0 Å². The molecule has 96 valence electrons. The van der Waals surface area contributed by atoms with Gasteiger partial charge in [0, 0.05) is 22.3 Å². The lowest BCUT2D eigenvalue weighted by Gasteiger charge is -2.06. The van der Waals surface area contributed by atoms with E-state index in [0.717, 1.165) is 16.9 Å². The Morgan fingerprint density at radius 3 is 2.32 bits per heavy atom. The van der Waals surface area contributed by atoms with Gasteiger partial charge in [0.15, 0.2) is 4.98 Å². The molecule has 0 unspecified atom stereocenters. The summed E-state index contributed by atoms with van der Waals surface area (Å²) in [6, 6.07) is 12.6. The lowest BCUT2D eigenvalue weighted by atomic mass is 10.1. The Hall–Kier alpha value is -1.79. The summed E-state index contributed by atoms with van der Waals surface area (Å²) in [5.41, 5.74) is 5.41. The minimum atomic E-state index is 0.650. The van der Waals surface area contributed by atoms with Crippen LogP contribution in [-0.4, -0.2) is 0 Å². The van der Waals surface area contributed by atoms with Gasteiger partial charge in [-0.15, -0.1) is 11.8 Å². The molecule has 3 heteroatoms. The Morgan fingerprint density at radius 2 is 1.68 bits per heavy atom. The Labute approximate surface area is 118 Å². The second-order valence-corrected chi connectivity index (χ2v) is 5.80. The molecule has 0 aliphatic heterocycles. The third-order valence-electron chi connectivity index (χ3n) is 3.12. The Morgan fingerprint density at radius 1 is 1.00 bits per heavy atom. The molecule has 0 saturated carbocycles. The normalized spacial score (nSPS) is 10.2. The molecule has 2 aromatic rings. The van der Waals surface area contributed by atoms with Crippen LogP contribution in [0.2, 0.25) is 0 Å². The molecule has 0 fully saturated rings. The fraction of sp³-hybridized carbons (Fsp3) is 0.250. The van der Waals surface area contributed by atoms with Crippen LogP contribution in [0.1, 0.15) is 22.3 Å². The van der Waals surface area contributed by atoms with Crippen molar-refractivity contribution >= 4 is 17.4 Å². The van der Waals surface area contributed by atoms with Gasteiger partial charge in [0.05, 0.1) is 0 Å². The first-order valence-electron chi connectivity index (χ1n) is 6.25. The quantitative estimate of drug-likeness (QED) is 0.552. The number of hydrogen-bond acceptors (Lipinski definition) is 2. The number of rotatable bonds is 3. The molecule has 0 radical (unpaired) electrons. The number of aryl methyl sites for hydroxylation is 3. The number of benzene rings is 2. The predicted molar refractivity (Wildman–Crippen MR) is 81.4 cm³/mol. The van der Waals surface area contributed by atoms with Crippen LogP contribution < -0.4 is 0 Å². The lowest BCUT2D eigenvalue weighted by Crippen LogP contribution is -1.85. The van der Waals surface area contributed by atoms with Crippen molar-refractivity contribution in [3.8, 4) is 0 Å². The average Bonchev–Trinajstić information content (AvgIpc) is 2.41.